The number of rotatable bonds is 4. The summed E-state index contributed by atoms with van der Waals surface area (Å²) >= 11 is 0. The molecule has 3 aromatic rings. The molecule has 1 heterocycles. The van der Waals surface area contributed by atoms with E-state index in [0.29, 0.717) is 6.42 Å². The van der Waals surface area contributed by atoms with Gasteiger partial charge in [0, 0.05) is 19.2 Å². The lowest BCUT2D eigenvalue weighted by Gasteiger charge is -2.18. The minimum Gasteiger partial charge on any atom is -0.398 e. The Hall–Kier alpha value is -2.37. The van der Waals surface area contributed by atoms with Gasteiger partial charge in [-0.15, -0.1) is 0 Å². The number of fused-ring (bicyclic) bond motifs is 1. The monoisotopic (exact) mass is 281 g/mol. The van der Waals surface area contributed by atoms with Crippen LogP contribution in [0.3, 0.4) is 0 Å². The van der Waals surface area contributed by atoms with E-state index < -0.39 is 0 Å². The van der Waals surface area contributed by atoms with Crippen LogP contribution in [0.5, 0.6) is 0 Å². The number of nitrogens with two attached hydrogens (primary N) is 2. The number of aromatic nitrogens is 2. The maximum Gasteiger partial charge on any atom is 0.111 e. The van der Waals surface area contributed by atoms with Gasteiger partial charge in [-0.2, -0.15) is 0 Å². The van der Waals surface area contributed by atoms with Crippen LogP contribution in [0, 0.1) is 0 Å². The van der Waals surface area contributed by atoms with Crippen LogP contribution >= 0.6 is 0 Å². The molecule has 3 rings (SSSR count). The zero-order valence-corrected chi connectivity index (χ0v) is 12.0. The summed E-state index contributed by atoms with van der Waals surface area (Å²) in [4.78, 5) is 4.68. The second-order valence-electron chi connectivity index (χ2n) is 5.13. The molecule has 108 valence electrons. The highest BCUT2D eigenvalue weighted by Crippen LogP contribution is 2.24. The summed E-state index contributed by atoms with van der Waals surface area (Å²) in [5.41, 5.74) is 12.7. The van der Waals surface area contributed by atoms with Gasteiger partial charge in [0.2, 0.25) is 0 Å². The quantitative estimate of drug-likeness (QED) is 0.387. The van der Waals surface area contributed by atoms with Crippen molar-refractivity contribution in [3.63, 3.8) is 0 Å². The molecule has 0 saturated carbocycles. The fourth-order valence-corrected chi connectivity index (χ4v) is 2.65. The Labute approximate surface area is 123 Å². The van der Waals surface area contributed by atoms with Gasteiger partial charge in [0.15, 0.2) is 0 Å². The molecule has 0 saturated heterocycles. The van der Waals surface area contributed by atoms with E-state index in [9.17, 15) is 0 Å². The molecule has 0 aliphatic carbocycles. The van der Waals surface area contributed by atoms with E-state index in [-0.39, 0.29) is 6.04 Å². The van der Waals surface area contributed by atoms with E-state index in [4.69, 9.17) is 11.6 Å². The Morgan fingerprint density at radius 1 is 1.14 bits per heavy atom. The first-order valence-electron chi connectivity index (χ1n) is 6.91. The molecule has 21 heavy (non-hydrogen) atoms. The minimum absolute atomic E-state index is 0.0679. The first-order chi connectivity index (χ1) is 10.2. The van der Waals surface area contributed by atoms with Gasteiger partial charge in [-0.1, -0.05) is 30.3 Å². The van der Waals surface area contributed by atoms with Crippen molar-refractivity contribution in [3.8, 4) is 0 Å². The van der Waals surface area contributed by atoms with E-state index in [1.54, 1.807) is 0 Å². The molecule has 0 fully saturated rings. The predicted molar refractivity (Wildman–Crippen MR) is 85.3 cm³/mol. The summed E-state index contributed by atoms with van der Waals surface area (Å²) in [6.07, 6.45) is 0.676. The molecule has 0 bridgehead atoms. The fourth-order valence-electron chi connectivity index (χ4n) is 2.65. The summed E-state index contributed by atoms with van der Waals surface area (Å²) in [6, 6.07) is 15.8. The van der Waals surface area contributed by atoms with Crippen LogP contribution in [0.1, 0.15) is 17.4 Å². The van der Waals surface area contributed by atoms with Gasteiger partial charge >= 0.3 is 0 Å². The van der Waals surface area contributed by atoms with Crippen LogP contribution in [0.15, 0.2) is 48.5 Å². The summed E-state index contributed by atoms with van der Waals surface area (Å²) in [5.74, 6) is 6.70. The van der Waals surface area contributed by atoms with Gasteiger partial charge in [0.05, 0.1) is 17.1 Å². The molecule has 0 spiro atoms. The number of anilines is 1. The Balaban J connectivity index is 1.96. The highest BCUT2D eigenvalue weighted by molar-refractivity contribution is 5.75. The van der Waals surface area contributed by atoms with Crippen molar-refractivity contribution in [1.29, 1.82) is 0 Å². The number of hydrogen-bond donors (Lipinski definition) is 3. The minimum atomic E-state index is -0.0679. The van der Waals surface area contributed by atoms with Crippen LogP contribution in [0.25, 0.3) is 11.0 Å². The highest BCUT2D eigenvalue weighted by Gasteiger charge is 2.17. The van der Waals surface area contributed by atoms with Crippen LogP contribution < -0.4 is 17.0 Å². The number of hydrazine groups is 1. The van der Waals surface area contributed by atoms with E-state index in [1.165, 1.54) is 0 Å². The number of aryl methyl sites for hydroxylation is 1. The Bertz CT molecular complexity index is 762. The molecule has 0 radical (unpaired) electrons. The van der Waals surface area contributed by atoms with Crippen LogP contribution in [-0.4, -0.2) is 9.55 Å². The molecule has 5 N–H and O–H groups in total. The lowest BCUT2D eigenvalue weighted by molar-refractivity contribution is 0.533. The smallest absolute Gasteiger partial charge is 0.111 e. The molecule has 0 aliphatic rings. The van der Waals surface area contributed by atoms with Crippen LogP contribution in [0.4, 0.5) is 5.69 Å². The molecule has 1 aromatic heterocycles. The number of benzene rings is 2. The third-order valence-corrected chi connectivity index (χ3v) is 3.84. The second kappa shape index (κ2) is 5.55. The zero-order valence-electron chi connectivity index (χ0n) is 12.0. The van der Waals surface area contributed by atoms with Crippen molar-refractivity contribution in [2.24, 2.45) is 12.9 Å². The van der Waals surface area contributed by atoms with Gasteiger partial charge in [0.25, 0.3) is 0 Å². The number of nitrogen functional groups attached to an aromatic ring is 1. The normalized spacial score (nSPS) is 12.7. The Kier molecular flexibility index (Phi) is 3.60. The van der Waals surface area contributed by atoms with E-state index in [1.807, 2.05) is 49.5 Å². The first-order valence-corrected chi connectivity index (χ1v) is 6.91. The lowest BCUT2D eigenvalue weighted by Crippen LogP contribution is -2.30. The van der Waals surface area contributed by atoms with Gasteiger partial charge in [-0.3, -0.25) is 11.3 Å². The third-order valence-electron chi connectivity index (χ3n) is 3.84. The van der Waals surface area contributed by atoms with Gasteiger partial charge < -0.3 is 10.3 Å². The Morgan fingerprint density at radius 3 is 2.57 bits per heavy atom. The molecule has 0 aliphatic heterocycles. The summed E-state index contributed by atoms with van der Waals surface area (Å²) < 4.78 is 2.10. The highest BCUT2D eigenvalue weighted by atomic mass is 15.2. The molecule has 0 amide bonds. The van der Waals surface area contributed by atoms with Crippen molar-refractivity contribution < 1.29 is 0 Å². The maximum absolute atomic E-state index is 6.04. The standard InChI is InChI=1S/C16H19N5/c1-21-15-9-5-4-8-13(15)19-16(21)10-14(20-18)11-6-2-3-7-12(11)17/h2-9,14,20H,10,17-18H2,1H3. The number of imidazole rings is 1. The van der Waals surface area contributed by atoms with Gasteiger partial charge in [0.1, 0.15) is 5.82 Å². The topological polar surface area (TPSA) is 81.9 Å². The summed E-state index contributed by atoms with van der Waals surface area (Å²) in [6.45, 7) is 0. The molecule has 1 unspecified atom stereocenters. The molecule has 5 heteroatoms. The number of nitrogens with zero attached hydrogens (tertiary/aromatic N) is 2. The van der Waals surface area contributed by atoms with Crippen LogP contribution in [0.2, 0.25) is 0 Å². The molecular weight excluding hydrogens is 262 g/mol. The molecule has 2 aromatic carbocycles. The summed E-state index contributed by atoms with van der Waals surface area (Å²) in [5, 5.41) is 0. The number of para-hydroxylation sites is 3. The SMILES string of the molecule is Cn1c(CC(NN)c2ccccc2N)nc2ccccc21. The van der Waals surface area contributed by atoms with Crippen LogP contribution in [-0.2, 0) is 13.5 Å². The average molecular weight is 281 g/mol. The van der Waals surface area contributed by atoms with Crippen molar-refractivity contribution in [1.82, 2.24) is 15.0 Å². The van der Waals surface area contributed by atoms with E-state index in [0.717, 1.165) is 28.1 Å². The predicted octanol–water partition coefficient (Wildman–Crippen LogP) is 1.90. The van der Waals surface area contributed by atoms with Crippen molar-refractivity contribution in [2.45, 2.75) is 12.5 Å². The Morgan fingerprint density at radius 2 is 1.86 bits per heavy atom. The van der Waals surface area contributed by atoms with Gasteiger partial charge in [-0.05, 0) is 23.8 Å². The second-order valence-corrected chi connectivity index (χ2v) is 5.13. The number of nitrogens with one attached hydrogen (secondary N) is 1. The maximum atomic E-state index is 6.04. The number of hydrogen-bond acceptors (Lipinski definition) is 4. The van der Waals surface area contributed by atoms with E-state index >= 15 is 0 Å². The lowest BCUT2D eigenvalue weighted by atomic mass is 10.0. The zero-order chi connectivity index (χ0) is 14.8. The van der Waals surface area contributed by atoms with E-state index in [2.05, 4.69) is 21.0 Å². The third kappa shape index (κ3) is 2.49. The summed E-state index contributed by atoms with van der Waals surface area (Å²) in [7, 11) is 2.02. The van der Waals surface area contributed by atoms with Crippen molar-refractivity contribution in [3.05, 3.63) is 59.9 Å². The van der Waals surface area contributed by atoms with Crippen molar-refractivity contribution in [2.75, 3.05) is 5.73 Å². The average Bonchev–Trinajstić information content (AvgIpc) is 2.82. The van der Waals surface area contributed by atoms with Crippen molar-refractivity contribution >= 4 is 16.7 Å². The molecule has 1 atom stereocenters. The fraction of sp³-hybridized carbons (Fsp3) is 0.188. The molecular formula is C16H19N5. The van der Waals surface area contributed by atoms with Gasteiger partial charge in [-0.25, -0.2) is 4.98 Å². The largest absolute Gasteiger partial charge is 0.398 e. The first kappa shape index (κ1) is 13.6. The molecule has 5 nitrogen and oxygen atoms in total.